The van der Waals surface area contributed by atoms with Crippen LogP contribution >= 0.6 is 22.6 Å². The van der Waals surface area contributed by atoms with Gasteiger partial charge in [0.15, 0.2) is 0 Å². The van der Waals surface area contributed by atoms with E-state index in [1.54, 1.807) is 6.07 Å². The third-order valence-corrected chi connectivity index (χ3v) is 10.1. The highest BCUT2D eigenvalue weighted by Crippen LogP contribution is 2.65. The minimum Gasteiger partial charge on any atom is -0.491 e. The molecule has 10 heteroatoms. The van der Waals surface area contributed by atoms with Gasteiger partial charge in [0.1, 0.15) is 42.4 Å². The third-order valence-electron chi connectivity index (χ3n) is 9.40. The number of hydrogen-bond donors (Lipinski definition) is 2. The number of carbonyl (C=O) groups excluding carboxylic acids is 3. The Labute approximate surface area is 291 Å². The molecule has 9 nitrogen and oxygen atoms in total. The van der Waals surface area contributed by atoms with E-state index < -0.39 is 53.4 Å². The zero-order chi connectivity index (χ0) is 33.4. The Morgan fingerprint density at radius 2 is 1.65 bits per heavy atom. The number of fused-ring (bicyclic) bond motifs is 3. The van der Waals surface area contributed by atoms with E-state index in [4.69, 9.17) is 14.2 Å². The van der Waals surface area contributed by atoms with Crippen molar-refractivity contribution in [1.82, 2.24) is 4.90 Å². The Hall–Kier alpha value is -4.52. The van der Waals surface area contributed by atoms with Gasteiger partial charge in [0, 0.05) is 9.26 Å². The first-order chi connectivity index (χ1) is 23.4. The smallest absolute Gasteiger partial charge is 0.325 e. The second kappa shape index (κ2) is 13.2. The van der Waals surface area contributed by atoms with Crippen LogP contribution in [0, 0.1) is 9.49 Å². The number of benzene rings is 4. The molecule has 0 aliphatic carbocycles. The highest BCUT2D eigenvalue weighted by atomic mass is 127. The molecule has 2 N–H and O–H groups in total. The molecule has 4 aromatic rings. The van der Waals surface area contributed by atoms with E-state index in [1.165, 1.54) is 6.08 Å². The van der Waals surface area contributed by atoms with Gasteiger partial charge in [-0.05, 0) is 75.2 Å². The Morgan fingerprint density at radius 1 is 0.938 bits per heavy atom. The first-order valence-corrected chi connectivity index (χ1v) is 16.8. The van der Waals surface area contributed by atoms with Crippen LogP contribution in [0.15, 0.2) is 116 Å². The molecule has 1 amide bonds. The lowest BCUT2D eigenvalue weighted by molar-refractivity contribution is -0.180. The lowest BCUT2D eigenvalue weighted by Crippen LogP contribution is -2.52. The number of aliphatic hydroxyl groups excluding tert-OH is 1. The number of amides is 1. The fraction of sp³-hybridized carbons (Fsp3) is 0.237. The molecule has 3 heterocycles. The van der Waals surface area contributed by atoms with E-state index in [9.17, 15) is 19.5 Å². The van der Waals surface area contributed by atoms with Crippen molar-refractivity contribution in [3.05, 3.63) is 142 Å². The van der Waals surface area contributed by atoms with Crippen LogP contribution in [-0.2, 0) is 29.3 Å². The van der Waals surface area contributed by atoms with Gasteiger partial charge in [-0.1, -0.05) is 85.5 Å². The van der Waals surface area contributed by atoms with Crippen molar-refractivity contribution in [3.8, 4) is 5.75 Å². The van der Waals surface area contributed by atoms with Gasteiger partial charge in [0.05, 0.1) is 18.7 Å². The Kier molecular flexibility index (Phi) is 8.80. The molecule has 0 bridgehead atoms. The molecule has 2 fully saturated rings. The number of morpholine rings is 1. The number of esters is 2. The molecule has 0 saturated carbocycles. The van der Waals surface area contributed by atoms with E-state index in [2.05, 4.69) is 34.5 Å². The number of cyclic esters (lactones) is 1. The molecule has 3 aliphatic heterocycles. The first-order valence-electron chi connectivity index (χ1n) is 15.7. The quantitative estimate of drug-likeness (QED) is 0.128. The van der Waals surface area contributed by atoms with E-state index in [1.807, 2.05) is 102 Å². The Balaban J connectivity index is 1.56. The average Bonchev–Trinajstić information content (AvgIpc) is 3.59. The van der Waals surface area contributed by atoms with Crippen LogP contribution in [0.25, 0.3) is 0 Å². The lowest BCUT2D eigenvalue weighted by atomic mass is 9.65. The van der Waals surface area contributed by atoms with Crippen molar-refractivity contribution < 1.29 is 33.7 Å². The summed E-state index contributed by atoms with van der Waals surface area (Å²) in [6, 6.07) is 29.4. The number of carbonyl (C=O) groups is 3. The van der Waals surface area contributed by atoms with Crippen molar-refractivity contribution in [1.29, 1.82) is 0 Å². The molecule has 0 aromatic heterocycles. The number of hydrogen-bond acceptors (Lipinski definition) is 8. The summed E-state index contributed by atoms with van der Waals surface area (Å²) >= 11 is 2.19. The maximum Gasteiger partial charge on any atom is 0.325 e. The van der Waals surface area contributed by atoms with Crippen molar-refractivity contribution >= 4 is 46.1 Å². The summed E-state index contributed by atoms with van der Waals surface area (Å²) in [6.45, 7) is 3.49. The van der Waals surface area contributed by atoms with Crippen LogP contribution in [0.3, 0.4) is 0 Å². The summed E-state index contributed by atoms with van der Waals surface area (Å²) in [5.74, 6) is -2.57. The van der Waals surface area contributed by atoms with E-state index in [0.717, 1.165) is 14.7 Å². The topological polar surface area (TPSA) is 114 Å². The molecule has 48 heavy (non-hydrogen) atoms. The van der Waals surface area contributed by atoms with Crippen LogP contribution in [0.2, 0.25) is 0 Å². The van der Waals surface area contributed by atoms with Crippen molar-refractivity contribution in [3.63, 3.8) is 0 Å². The van der Waals surface area contributed by atoms with Crippen LogP contribution in [0.5, 0.6) is 5.75 Å². The Morgan fingerprint density at radius 3 is 2.35 bits per heavy atom. The molecule has 3 aliphatic rings. The second-order valence-electron chi connectivity index (χ2n) is 12.0. The second-order valence-corrected chi connectivity index (χ2v) is 13.2. The molecule has 7 rings (SSSR count). The van der Waals surface area contributed by atoms with E-state index in [0.29, 0.717) is 22.6 Å². The fourth-order valence-electron chi connectivity index (χ4n) is 7.70. The number of ether oxygens (including phenoxy) is 3. The SMILES string of the molecule is C=CCOC(=O)[C@H]1[C@@H]2C(=O)O[C@@H](c3ccccc3)[C@@H](c3ccccc3)N2[C@@H](c2cccc(OCCO)c2)[C@]12C(=O)Nc1ccc(I)cc12. The minimum absolute atomic E-state index is 0.0681. The van der Waals surface area contributed by atoms with Gasteiger partial charge >= 0.3 is 11.9 Å². The summed E-state index contributed by atoms with van der Waals surface area (Å²) in [6.07, 6.45) is 0.688. The highest BCUT2D eigenvalue weighted by Gasteiger charge is 2.74. The van der Waals surface area contributed by atoms with Crippen molar-refractivity contribution in [2.45, 2.75) is 29.6 Å². The zero-order valence-electron chi connectivity index (χ0n) is 25.8. The molecular formula is C38H33IN2O7. The highest BCUT2D eigenvalue weighted by molar-refractivity contribution is 14.1. The largest absolute Gasteiger partial charge is 0.491 e. The average molecular weight is 757 g/mol. The van der Waals surface area contributed by atoms with Gasteiger partial charge in [0.25, 0.3) is 0 Å². The summed E-state index contributed by atoms with van der Waals surface area (Å²) in [5, 5.41) is 12.6. The third kappa shape index (κ3) is 5.19. The number of halogens is 1. The number of aliphatic hydroxyl groups is 1. The maximum atomic E-state index is 14.9. The lowest BCUT2D eigenvalue weighted by Gasteiger charge is -2.46. The van der Waals surface area contributed by atoms with Gasteiger partial charge in [-0.3, -0.25) is 19.3 Å². The van der Waals surface area contributed by atoms with Gasteiger partial charge in [-0.15, -0.1) is 0 Å². The normalized spacial score (nSPS) is 25.9. The molecule has 1 spiro atoms. The predicted molar refractivity (Wildman–Crippen MR) is 186 cm³/mol. The Bertz CT molecular complexity index is 1870. The minimum atomic E-state index is -1.62. The molecule has 2 saturated heterocycles. The molecule has 244 valence electrons. The fourth-order valence-corrected chi connectivity index (χ4v) is 8.19. The first kappa shape index (κ1) is 32.0. The molecule has 0 unspecified atom stereocenters. The van der Waals surface area contributed by atoms with Crippen LogP contribution < -0.4 is 10.1 Å². The monoisotopic (exact) mass is 756 g/mol. The van der Waals surface area contributed by atoms with E-state index in [-0.39, 0.29) is 19.8 Å². The molecular weight excluding hydrogens is 723 g/mol. The van der Waals surface area contributed by atoms with Gasteiger partial charge in [-0.2, -0.15) is 0 Å². The van der Waals surface area contributed by atoms with Crippen molar-refractivity contribution in [2.75, 3.05) is 25.1 Å². The van der Waals surface area contributed by atoms with Crippen molar-refractivity contribution in [2.24, 2.45) is 5.92 Å². The summed E-state index contributed by atoms with van der Waals surface area (Å²) < 4.78 is 18.8. The number of nitrogens with zero attached hydrogens (tertiary/aromatic N) is 1. The van der Waals surface area contributed by atoms with Gasteiger partial charge in [0.2, 0.25) is 5.91 Å². The standard InChI is InChI=1S/C38H33IN2O7/c1-2-19-47-35(43)30-32-36(44)48-33(24-12-7-4-8-13-24)31(23-10-5-3-6-11-23)41(32)34(25-14-9-15-27(21-25)46-20-18-42)38(30)28-22-26(39)16-17-29(28)40-37(38)45/h2-17,21-22,30-34,42H,1,18-20H2,(H,40,45)/t30-,31-,32-,33+,34+,38-/m1/s1. The summed E-state index contributed by atoms with van der Waals surface area (Å²) in [5.41, 5.74) is 1.80. The zero-order valence-corrected chi connectivity index (χ0v) is 28.0. The summed E-state index contributed by atoms with van der Waals surface area (Å²) in [7, 11) is 0. The van der Waals surface area contributed by atoms with Gasteiger partial charge in [-0.25, -0.2) is 0 Å². The van der Waals surface area contributed by atoms with Crippen LogP contribution in [-0.4, -0.2) is 53.7 Å². The molecule has 6 atom stereocenters. The molecule has 4 aromatic carbocycles. The number of nitrogens with one attached hydrogen (secondary N) is 1. The van der Waals surface area contributed by atoms with Gasteiger partial charge < -0.3 is 24.6 Å². The number of anilines is 1. The molecule has 0 radical (unpaired) electrons. The van der Waals surface area contributed by atoms with Crippen LogP contribution in [0.4, 0.5) is 5.69 Å². The van der Waals surface area contributed by atoms with E-state index >= 15 is 0 Å². The van der Waals surface area contributed by atoms with Crippen LogP contribution in [0.1, 0.15) is 40.4 Å². The number of rotatable bonds is 9. The maximum absolute atomic E-state index is 14.9. The summed E-state index contributed by atoms with van der Waals surface area (Å²) in [4.78, 5) is 45.9. The predicted octanol–water partition coefficient (Wildman–Crippen LogP) is 5.66.